The van der Waals surface area contributed by atoms with Crippen molar-refractivity contribution in [2.24, 2.45) is 4.99 Å². The Kier molecular flexibility index (Phi) is 5.75. The van der Waals surface area contributed by atoms with Gasteiger partial charge in [-0.15, -0.1) is 0 Å². The van der Waals surface area contributed by atoms with E-state index in [0.717, 1.165) is 12.5 Å². The quantitative estimate of drug-likeness (QED) is 0.642. The standard InChI is InChI=1S/C19H26N4S/c1-15(22-19(20-2)21-13-16-8-11-24-14-16)17-6-5-7-18(12-17)23-9-3-4-10-23/h5-8,11-12,14-15H,3-4,9-10,13H2,1-2H3,(H2,20,21,22). The van der Waals surface area contributed by atoms with Crippen LogP contribution in [-0.2, 0) is 6.54 Å². The molecule has 24 heavy (non-hydrogen) atoms. The molecule has 1 fully saturated rings. The molecule has 128 valence electrons. The molecule has 0 radical (unpaired) electrons. The van der Waals surface area contributed by atoms with Crippen LogP contribution in [0.5, 0.6) is 0 Å². The van der Waals surface area contributed by atoms with Crippen LogP contribution in [0.15, 0.2) is 46.1 Å². The summed E-state index contributed by atoms with van der Waals surface area (Å²) in [5.74, 6) is 0.834. The first-order chi connectivity index (χ1) is 11.8. The van der Waals surface area contributed by atoms with Crippen LogP contribution in [0, 0.1) is 0 Å². The summed E-state index contributed by atoms with van der Waals surface area (Å²) in [6, 6.07) is 11.2. The molecule has 1 saturated heterocycles. The predicted octanol–water partition coefficient (Wildman–Crippen LogP) is 3.77. The Balaban J connectivity index is 1.60. The maximum absolute atomic E-state index is 4.34. The van der Waals surface area contributed by atoms with Crippen molar-refractivity contribution in [3.05, 3.63) is 52.2 Å². The Morgan fingerprint density at radius 2 is 2.12 bits per heavy atom. The highest BCUT2D eigenvalue weighted by Gasteiger charge is 2.14. The molecule has 1 aliphatic heterocycles. The Morgan fingerprint density at radius 3 is 2.83 bits per heavy atom. The summed E-state index contributed by atoms with van der Waals surface area (Å²) in [4.78, 5) is 6.81. The van der Waals surface area contributed by atoms with Crippen LogP contribution in [0.4, 0.5) is 5.69 Å². The van der Waals surface area contributed by atoms with Gasteiger partial charge >= 0.3 is 0 Å². The third-order valence-corrected chi connectivity index (χ3v) is 5.19. The topological polar surface area (TPSA) is 39.7 Å². The maximum Gasteiger partial charge on any atom is 0.191 e. The fourth-order valence-corrected chi connectivity index (χ4v) is 3.70. The number of hydrogen-bond acceptors (Lipinski definition) is 3. The molecule has 1 unspecified atom stereocenters. The summed E-state index contributed by atoms with van der Waals surface area (Å²) in [7, 11) is 1.82. The SMILES string of the molecule is CN=C(NCc1ccsc1)NC(C)c1cccc(N2CCCC2)c1. The van der Waals surface area contributed by atoms with Crippen LogP contribution < -0.4 is 15.5 Å². The molecule has 1 aliphatic rings. The van der Waals surface area contributed by atoms with Crippen LogP contribution in [0.2, 0.25) is 0 Å². The van der Waals surface area contributed by atoms with Gasteiger partial charge in [0.05, 0.1) is 6.04 Å². The van der Waals surface area contributed by atoms with Crippen molar-refractivity contribution in [1.82, 2.24) is 10.6 Å². The highest BCUT2D eigenvalue weighted by Crippen LogP contribution is 2.23. The van der Waals surface area contributed by atoms with Gasteiger partial charge in [-0.2, -0.15) is 11.3 Å². The average Bonchev–Trinajstić information content (AvgIpc) is 3.32. The Morgan fingerprint density at radius 1 is 1.29 bits per heavy atom. The average molecular weight is 343 g/mol. The van der Waals surface area contributed by atoms with Crippen molar-refractivity contribution in [3.63, 3.8) is 0 Å². The Hall–Kier alpha value is -2.01. The highest BCUT2D eigenvalue weighted by atomic mass is 32.1. The van der Waals surface area contributed by atoms with Gasteiger partial charge in [0, 0.05) is 32.4 Å². The molecule has 5 heteroatoms. The van der Waals surface area contributed by atoms with E-state index in [0.29, 0.717) is 0 Å². The largest absolute Gasteiger partial charge is 0.372 e. The number of hydrogen-bond donors (Lipinski definition) is 2. The maximum atomic E-state index is 4.34. The molecule has 1 atom stereocenters. The molecule has 2 aromatic rings. The minimum Gasteiger partial charge on any atom is -0.372 e. The van der Waals surface area contributed by atoms with Crippen molar-refractivity contribution in [1.29, 1.82) is 0 Å². The Labute approximate surface area is 148 Å². The number of nitrogens with zero attached hydrogens (tertiary/aromatic N) is 2. The van der Waals surface area contributed by atoms with Crippen LogP contribution >= 0.6 is 11.3 Å². The summed E-state index contributed by atoms with van der Waals surface area (Å²) < 4.78 is 0. The predicted molar refractivity (Wildman–Crippen MR) is 104 cm³/mol. The number of guanidine groups is 1. The van der Waals surface area contributed by atoms with E-state index >= 15 is 0 Å². The van der Waals surface area contributed by atoms with E-state index in [9.17, 15) is 0 Å². The molecular weight excluding hydrogens is 316 g/mol. The number of nitrogens with one attached hydrogen (secondary N) is 2. The first-order valence-electron chi connectivity index (χ1n) is 8.59. The minimum absolute atomic E-state index is 0.209. The van der Waals surface area contributed by atoms with Crippen LogP contribution in [0.3, 0.4) is 0 Å². The summed E-state index contributed by atoms with van der Waals surface area (Å²) in [5.41, 5.74) is 3.91. The minimum atomic E-state index is 0.209. The number of benzene rings is 1. The molecule has 0 aliphatic carbocycles. The molecular formula is C19H26N4S. The molecule has 1 aromatic carbocycles. The first kappa shape index (κ1) is 16.8. The molecule has 2 heterocycles. The fraction of sp³-hybridized carbons (Fsp3) is 0.421. The lowest BCUT2D eigenvalue weighted by Gasteiger charge is -2.22. The summed E-state index contributed by atoms with van der Waals surface area (Å²) >= 11 is 1.72. The lowest BCUT2D eigenvalue weighted by molar-refractivity contribution is 0.685. The summed E-state index contributed by atoms with van der Waals surface area (Å²) in [5, 5.41) is 11.1. The van der Waals surface area contributed by atoms with E-state index in [1.165, 1.54) is 42.7 Å². The molecule has 0 bridgehead atoms. The van der Waals surface area contributed by atoms with E-state index in [-0.39, 0.29) is 6.04 Å². The van der Waals surface area contributed by atoms with Crippen molar-refractivity contribution in [3.8, 4) is 0 Å². The molecule has 2 N–H and O–H groups in total. The molecule has 0 amide bonds. The van der Waals surface area contributed by atoms with Gasteiger partial charge in [-0.3, -0.25) is 4.99 Å². The van der Waals surface area contributed by atoms with E-state index in [1.54, 1.807) is 11.3 Å². The first-order valence-corrected chi connectivity index (χ1v) is 9.53. The van der Waals surface area contributed by atoms with Crippen molar-refractivity contribution < 1.29 is 0 Å². The van der Waals surface area contributed by atoms with Crippen molar-refractivity contribution >= 4 is 23.0 Å². The van der Waals surface area contributed by atoms with Gasteiger partial charge in [0.1, 0.15) is 0 Å². The number of thiophene rings is 1. The third kappa shape index (κ3) is 4.29. The molecule has 0 saturated carbocycles. The molecule has 0 spiro atoms. The van der Waals surface area contributed by atoms with Crippen LogP contribution in [0.1, 0.15) is 36.9 Å². The zero-order valence-corrected chi connectivity index (χ0v) is 15.3. The fourth-order valence-electron chi connectivity index (χ4n) is 3.03. The highest BCUT2D eigenvalue weighted by molar-refractivity contribution is 7.07. The lowest BCUT2D eigenvalue weighted by Crippen LogP contribution is -2.38. The van der Waals surface area contributed by atoms with Crippen LogP contribution in [-0.4, -0.2) is 26.1 Å². The molecule has 4 nitrogen and oxygen atoms in total. The van der Waals surface area contributed by atoms with E-state index in [2.05, 4.69) is 68.5 Å². The van der Waals surface area contributed by atoms with Gasteiger partial charge in [-0.1, -0.05) is 12.1 Å². The molecule has 1 aromatic heterocycles. The normalized spacial score (nSPS) is 16.2. The van der Waals surface area contributed by atoms with Gasteiger partial charge < -0.3 is 15.5 Å². The Bertz CT molecular complexity index is 660. The van der Waals surface area contributed by atoms with Gasteiger partial charge in [0.2, 0.25) is 0 Å². The van der Waals surface area contributed by atoms with E-state index in [4.69, 9.17) is 0 Å². The van der Waals surface area contributed by atoms with Crippen molar-refractivity contribution in [2.45, 2.75) is 32.4 Å². The smallest absolute Gasteiger partial charge is 0.191 e. The van der Waals surface area contributed by atoms with E-state index < -0.39 is 0 Å². The number of anilines is 1. The second-order valence-electron chi connectivity index (χ2n) is 6.21. The third-order valence-electron chi connectivity index (χ3n) is 4.46. The van der Waals surface area contributed by atoms with Crippen molar-refractivity contribution in [2.75, 3.05) is 25.0 Å². The second-order valence-corrected chi connectivity index (χ2v) is 6.99. The summed E-state index contributed by atoms with van der Waals surface area (Å²) in [6.45, 7) is 5.33. The number of rotatable bonds is 5. The van der Waals surface area contributed by atoms with Gasteiger partial charge in [0.25, 0.3) is 0 Å². The molecule has 3 rings (SSSR count). The zero-order chi connectivity index (χ0) is 16.8. The van der Waals surface area contributed by atoms with Gasteiger partial charge in [0.15, 0.2) is 5.96 Å². The summed E-state index contributed by atoms with van der Waals surface area (Å²) in [6.07, 6.45) is 2.61. The van der Waals surface area contributed by atoms with Gasteiger partial charge in [-0.05, 0) is 59.9 Å². The monoisotopic (exact) mass is 342 g/mol. The van der Waals surface area contributed by atoms with Crippen LogP contribution in [0.25, 0.3) is 0 Å². The van der Waals surface area contributed by atoms with Gasteiger partial charge in [-0.25, -0.2) is 0 Å². The zero-order valence-electron chi connectivity index (χ0n) is 14.5. The lowest BCUT2D eigenvalue weighted by atomic mass is 10.1. The number of aliphatic imine (C=N–C) groups is 1. The van der Waals surface area contributed by atoms with E-state index in [1.807, 2.05) is 7.05 Å². The second kappa shape index (κ2) is 8.20.